The summed E-state index contributed by atoms with van der Waals surface area (Å²) in [6.07, 6.45) is 0. The molecule has 0 aliphatic rings. The molecule has 2 heterocycles. The average molecular weight is 342 g/mol. The van der Waals surface area contributed by atoms with Gasteiger partial charge in [-0.1, -0.05) is 19.9 Å². The number of amides is 1. The third-order valence-electron chi connectivity index (χ3n) is 4.15. The minimum absolute atomic E-state index is 0.0273. The number of hydrogen-bond acceptors (Lipinski definition) is 3. The second kappa shape index (κ2) is 6.69. The summed E-state index contributed by atoms with van der Waals surface area (Å²) >= 11 is 1.56. The lowest BCUT2D eigenvalue weighted by molar-refractivity contribution is 0.0932. The van der Waals surface area contributed by atoms with Gasteiger partial charge in [0.25, 0.3) is 5.91 Å². The maximum Gasteiger partial charge on any atom is 0.252 e. The molecule has 1 N–H and O–H groups in total. The SMILES string of the molecule is CC(C)C(C)NC(=O)c1cc(-c2cccs2)nc2ccc(F)cc12. The fourth-order valence-corrected chi connectivity index (χ4v) is 3.07. The van der Waals surface area contributed by atoms with Gasteiger partial charge < -0.3 is 5.32 Å². The number of aromatic nitrogens is 1. The zero-order valence-electron chi connectivity index (χ0n) is 13.8. The van der Waals surface area contributed by atoms with E-state index < -0.39 is 0 Å². The van der Waals surface area contributed by atoms with Gasteiger partial charge in [0, 0.05) is 11.4 Å². The van der Waals surface area contributed by atoms with E-state index in [1.54, 1.807) is 23.5 Å². The minimum Gasteiger partial charge on any atom is -0.349 e. The van der Waals surface area contributed by atoms with Crippen LogP contribution in [0.25, 0.3) is 21.5 Å². The van der Waals surface area contributed by atoms with Crippen LogP contribution in [0.2, 0.25) is 0 Å². The Balaban J connectivity index is 2.13. The summed E-state index contributed by atoms with van der Waals surface area (Å²) in [5.74, 6) is -0.262. The number of fused-ring (bicyclic) bond motifs is 1. The quantitative estimate of drug-likeness (QED) is 0.734. The summed E-state index contributed by atoms with van der Waals surface area (Å²) in [4.78, 5) is 18.3. The van der Waals surface area contributed by atoms with Crippen LogP contribution in [-0.4, -0.2) is 16.9 Å². The number of carbonyl (C=O) groups is 1. The Morgan fingerprint density at radius 3 is 2.67 bits per heavy atom. The summed E-state index contributed by atoms with van der Waals surface area (Å²) in [6, 6.07) is 10.0. The topological polar surface area (TPSA) is 42.0 Å². The number of benzene rings is 1. The molecule has 0 aliphatic heterocycles. The van der Waals surface area contributed by atoms with Crippen molar-refractivity contribution in [2.75, 3.05) is 0 Å². The Bertz CT molecular complexity index is 874. The van der Waals surface area contributed by atoms with Gasteiger partial charge in [-0.25, -0.2) is 9.37 Å². The molecule has 3 rings (SSSR count). The summed E-state index contributed by atoms with van der Waals surface area (Å²) in [5, 5.41) is 5.49. The zero-order valence-corrected chi connectivity index (χ0v) is 14.7. The maximum absolute atomic E-state index is 13.7. The van der Waals surface area contributed by atoms with Crippen molar-refractivity contribution >= 4 is 28.1 Å². The van der Waals surface area contributed by atoms with E-state index in [0.717, 1.165) is 10.6 Å². The van der Waals surface area contributed by atoms with E-state index in [1.807, 2.05) is 38.3 Å². The Hall–Kier alpha value is -2.27. The van der Waals surface area contributed by atoms with Crippen LogP contribution in [0.5, 0.6) is 0 Å². The van der Waals surface area contributed by atoms with Gasteiger partial charge in [0.05, 0.1) is 21.7 Å². The number of nitrogens with one attached hydrogen (secondary N) is 1. The lowest BCUT2D eigenvalue weighted by atomic mass is 10.0. The first kappa shape index (κ1) is 16.6. The van der Waals surface area contributed by atoms with E-state index in [2.05, 4.69) is 10.3 Å². The summed E-state index contributed by atoms with van der Waals surface area (Å²) < 4.78 is 13.7. The second-order valence-corrected chi connectivity index (χ2v) is 7.15. The van der Waals surface area contributed by atoms with Crippen molar-refractivity contribution < 1.29 is 9.18 Å². The Kier molecular flexibility index (Phi) is 4.62. The van der Waals surface area contributed by atoms with E-state index in [4.69, 9.17) is 0 Å². The highest BCUT2D eigenvalue weighted by Crippen LogP contribution is 2.28. The summed E-state index contributed by atoms with van der Waals surface area (Å²) in [7, 11) is 0. The van der Waals surface area contributed by atoms with Crippen molar-refractivity contribution in [3.8, 4) is 10.6 Å². The van der Waals surface area contributed by atoms with Crippen molar-refractivity contribution in [1.82, 2.24) is 10.3 Å². The van der Waals surface area contributed by atoms with Crippen LogP contribution in [0.1, 0.15) is 31.1 Å². The molecule has 3 nitrogen and oxygen atoms in total. The molecule has 0 saturated heterocycles. The van der Waals surface area contributed by atoms with Crippen molar-refractivity contribution in [2.24, 2.45) is 5.92 Å². The molecule has 3 aromatic rings. The van der Waals surface area contributed by atoms with Crippen molar-refractivity contribution in [3.63, 3.8) is 0 Å². The minimum atomic E-state index is -0.376. The number of pyridine rings is 1. The van der Waals surface area contributed by atoms with E-state index in [1.165, 1.54) is 12.1 Å². The van der Waals surface area contributed by atoms with Crippen LogP contribution in [0.15, 0.2) is 41.8 Å². The number of nitrogens with zero attached hydrogens (tertiary/aromatic N) is 1. The van der Waals surface area contributed by atoms with Gasteiger partial charge in [-0.05, 0) is 48.6 Å². The van der Waals surface area contributed by atoms with Gasteiger partial charge >= 0.3 is 0 Å². The second-order valence-electron chi connectivity index (χ2n) is 6.20. The lowest BCUT2D eigenvalue weighted by Crippen LogP contribution is -2.36. The first-order valence-electron chi connectivity index (χ1n) is 7.90. The standard InChI is InChI=1S/C19H19FN2OS/c1-11(2)12(3)21-19(23)15-10-17(18-5-4-8-24-18)22-16-7-6-13(20)9-14(15)16/h4-12H,1-3H3,(H,21,23). The van der Waals surface area contributed by atoms with Gasteiger partial charge in [-0.15, -0.1) is 11.3 Å². The molecular weight excluding hydrogens is 323 g/mol. The highest BCUT2D eigenvalue weighted by molar-refractivity contribution is 7.13. The third kappa shape index (κ3) is 3.31. The number of hydrogen-bond donors (Lipinski definition) is 1. The van der Waals surface area contributed by atoms with Crippen LogP contribution in [0.4, 0.5) is 4.39 Å². The summed E-state index contributed by atoms with van der Waals surface area (Å²) in [6.45, 7) is 6.06. The maximum atomic E-state index is 13.7. The molecular formula is C19H19FN2OS. The molecule has 124 valence electrons. The number of rotatable bonds is 4. The molecule has 1 unspecified atom stereocenters. The number of thiophene rings is 1. The van der Waals surface area contributed by atoms with Crippen LogP contribution < -0.4 is 5.32 Å². The summed E-state index contributed by atoms with van der Waals surface area (Å²) in [5.41, 5.74) is 1.80. The molecule has 0 fully saturated rings. The van der Waals surface area contributed by atoms with E-state index in [-0.39, 0.29) is 17.8 Å². The van der Waals surface area contributed by atoms with Crippen LogP contribution in [0.3, 0.4) is 0 Å². The fraction of sp³-hybridized carbons (Fsp3) is 0.263. The van der Waals surface area contributed by atoms with Crippen LogP contribution in [0, 0.1) is 11.7 Å². The molecule has 0 radical (unpaired) electrons. The third-order valence-corrected chi connectivity index (χ3v) is 5.04. The van der Waals surface area contributed by atoms with E-state index in [9.17, 15) is 9.18 Å². The van der Waals surface area contributed by atoms with Gasteiger partial charge in [-0.2, -0.15) is 0 Å². The van der Waals surface area contributed by atoms with E-state index >= 15 is 0 Å². The van der Waals surface area contributed by atoms with Crippen LogP contribution >= 0.6 is 11.3 Å². The van der Waals surface area contributed by atoms with Gasteiger partial charge in [-0.3, -0.25) is 4.79 Å². The molecule has 1 aromatic carbocycles. The monoisotopic (exact) mass is 342 g/mol. The molecule has 5 heteroatoms. The molecule has 0 saturated carbocycles. The first-order chi connectivity index (χ1) is 11.5. The lowest BCUT2D eigenvalue weighted by Gasteiger charge is -2.18. The molecule has 1 atom stereocenters. The Labute approximate surface area is 144 Å². The fourth-order valence-electron chi connectivity index (χ4n) is 2.39. The highest BCUT2D eigenvalue weighted by atomic mass is 32.1. The Morgan fingerprint density at radius 2 is 2.00 bits per heavy atom. The molecule has 0 aliphatic carbocycles. The van der Waals surface area contributed by atoms with Crippen molar-refractivity contribution in [3.05, 3.63) is 53.2 Å². The number of carbonyl (C=O) groups excluding carboxylic acids is 1. The molecule has 0 bridgehead atoms. The van der Waals surface area contributed by atoms with Crippen LogP contribution in [-0.2, 0) is 0 Å². The van der Waals surface area contributed by atoms with Gasteiger partial charge in [0.1, 0.15) is 5.82 Å². The van der Waals surface area contributed by atoms with Crippen molar-refractivity contribution in [1.29, 1.82) is 0 Å². The normalized spacial score (nSPS) is 12.5. The smallest absolute Gasteiger partial charge is 0.252 e. The first-order valence-corrected chi connectivity index (χ1v) is 8.78. The zero-order chi connectivity index (χ0) is 17.3. The Morgan fingerprint density at radius 1 is 1.21 bits per heavy atom. The molecule has 24 heavy (non-hydrogen) atoms. The average Bonchev–Trinajstić information content (AvgIpc) is 3.08. The van der Waals surface area contributed by atoms with E-state index in [0.29, 0.717) is 22.4 Å². The molecule has 2 aromatic heterocycles. The largest absolute Gasteiger partial charge is 0.349 e. The number of halogens is 1. The van der Waals surface area contributed by atoms with Gasteiger partial charge in [0.2, 0.25) is 0 Å². The molecule has 1 amide bonds. The van der Waals surface area contributed by atoms with Crippen molar-refractivity contribution in [2.45, 2.75) is 26.8 Å². The highest BCUT2D eigenvalue weighted by Gasteiger charge is 2.18. The predicted octanol–water partition coefficient (Wildman–Crippen LogP) is 4.88. The van der Waals surface area contributed by atoms with Gasteiger partial charge in [0.15, 0.2) is 0 Å². The molecule has 0 spiro atoms. The predicted molar refractivity (Wildman–Crippen MR) is 96.8 cm³/mol.